The first-order chi connectivity index (χ1) is 9.28. The molecule has 1 unspecified atom stereocenters. The highest BCUT2D eigenvalue weighted by molar-refractivity contribution is 7.90. The van der Waals surface area contributed by atoms with Gasteiger partial charge in [0.25, 0.3) is 0 Å². The van der Waals surface area contributed by atoms with E-state index in [2.05, 4.69) is 15.6 Å². The molecular weight excluding hydrogens is 286 g/mol. The van der Waals surface area contributed by atoms with Gasteiger partial charge in [0.15, 0.2) is 0 Å². The number of hydrogen-bond acceptors (Lipinski definition) is 5. The van der Waals surface area contributed by atoms with E-state index in [0.29, 0.717) is 5.69 Å². The summed E-state index contributed by atoms with van der Waals surface area (Å²) in [5, 5.41) is 13.5. The topological polar surface area (TPSA) is 125 Å². The molecule has 0 aliphatic heterocycles. The van der Waals surface area contributed by atoms with Crippen LogP contribution in [-0.2, 0) is 14.6 Å². The van der Waals surface area contributed by atoms with E-state index in [1.54, 1.807) is 12.1 Å². The van der Waals surface area contributed by atoms with E-state index in [-0.39, 0.29) is 12.2 Å². The molecule has 9 heteroatoms. The number of urea groups is 1. The average molecular weight is 301 g/mol. The second-order valence-electron chi connectivity index (χ2n) is 4.15. The van der Waals surface area contributed by atoms with E-state index >= 15 is 0 Å². The molecule has 0 saturated carbocycles. The van der Waals surface area contributed by atoms with Gasteiger partial charge in [-0.15, -0.1) is 0 Å². The zero-order chi connectivity index (χ0) is 15.2. The van der Waals surface area contributed by atoms with Gasteiger partial charge in [-0.1, -0.05) is 0 Å². The van der Waals surface area contributed by atoms with Gasteiger partial charge in [0.2, 0.25) is 0 Å². The predicted octanol–water partition coefficient (Wildman–Crippen LogP) is 0.0910. The van der Waals surface area contributed by atoms with E-state index < -0.39 is 27.9 Å². The maximum absolute atomic E-state index is 11.6. The van der Waals surface area contributed by atoms with Crippen LogP contribution in [0.5, 0.6) is 0 Å². The predicted molar refractivity (Wildman–Crippen MR) is 72.1 cm³/mol. The minimum absolute atomic E-state index is 0.200. The van der Waals surface area contributed by atoms with Crippen molar-refractivity contribution in [3.05, 3.63) is 24.5 Å². The molecule has 0 bridgehead atoms. The van der Waals surface area contributed by atoms with E-state index in [1.807, 2.05) is 0 Å². The molecule has 1 rings (SSSR count). The van der Waals surface area contributed by atoms with E-state index in [9.17, 15) is 18.0 Å². The van der Waals surface area contributed by atoms with Gasteiger partial charge in [0.05, 0.1) is 17.6 Å². The first-order valence-corrected chi connectivity index (χ1v) is 7.72. The number of anilines is 1. The summed E-state index contributed by atoms with van der Waals surface area (Å²) >= 11 is 0. The smallest absolute Gasteiger partial charge is 0.326 e. The van der Waals surface area contributed by atoms with Gasteiger partial charge in [0, 0.05) is 12.5 Å². The number of carbonyl (C=O) groups is 2. The minimum atomic E-state index is -3.29. The molecule has 0 aromatic carbocycles. The molecule has 110 valence electrons. The zero-order valence-corrected chi connectivity index (χ0v) is 11.6. The Morgan fingerprint density at radius 1 is 1.45 bits per heavy atom. The molecule has 1 aromatic rings. The van der Waals surface area contributed by atoms with Gasteiger partial charge in [-0.25, -0.2) is 18.0 Å². The number of amides is 2. The summed E-state index contributed by atoms with van der Waals surface area (Å²) in [6.07, 6.45) is 3.72. The number of carbonyl (C=O) groups excluding carboxylic acids is 1. The van der Waals surface area contributed by atoms with Crippen LogP contribution < -0.4 is 10.6 Å². The van der Waals surface area contributed by atoms with Crippen molar-refractivity contribution in [2.75, 3.05) is 17.3 Å². The van der Waals surface area contributed by atoms with Crippen molar-refractivity contribution in [1.82, 2.24) is 10.3 Å². The highest BCUT2D eigenvalue weighted by Gasteiger charge is 2.21. The van der Waals surface area contributed by atoms with E-state index in [1.165, 1.54) is 12.4 Å². The fraction of sp³-hybridized carbons (Fsp3) is 0.364. The Bertz CT molecular complexity index is 573. The van der Waals surface area contributed by atoms with Crippen molar-refractivity contribution in [1.29, 1.82) is 0 Å². The average Bonchev–Trinajstić information content (AvgIpc) is 2.34. The quantitative estimate of drug-likeness (QED) is 0.683. The number of rotatable bonds is 6. The van der Waals surface area contributed by atoms with Gasteiger partial charge in [0.1, 0.15) is 15.9 Å². The lowest BCUT2D eigenvalue weighted by molar-refractivity contribution is -0.139. The number of nitrogens with zero attached hydrogens (tertiary/aromatic N) is 1. The van der Waals surface area contributed by atoms with Gasteiger partial charge in [-0.2, -0.15) is 0 Å². The third kappa shape index (κ3) is 6.14. The highest BCUT2D eigenvalue weighted by atomic mass is 32.2. The van der Waals surface area contributed by atoms with Gasteiger partial charge in [-0.05, 0) is 18.6 Å². The second-order valence-corrected chi connectivity index (χ2v) is 6.41. The third-order valence-electron chi connectivity index (χ3n) is 2.30. The fourth-order valence-corrected chi connectivity index (χ4v) is 2.02. The second kappa shape index (κ2) is 6.85. The van der Waals surface area contributed by atoms with Crippen molar-refractivity contribution >= 4 is 27.5 Å². The Hall–Kier alpha value is -2.16. The Kier molecular flexibility index (Phi) is 5.44. The molecule has 0 aliphatic rings. The molecule has 1 heterocycles. The van der Waals surface area contributed by atoms with Crippen LogP contribution in [0.25, 0.3) is 0 Å². The first kappa shape index (κ1) is 15.9. The maximum atomic E-state index is 11.6. The van der Waals surface area contributed by atoms with Crippen LogP contribution >= 0.6 is 0 Å². The molecule has 0 fully saturated rings. The normalized spacial score (nSPS) is 12.4. The summed E-state index contributed by atoms with van der Waals surface area (Å²) < 4.78 is 22.0. The summed E-state index contributed by atoms with van der Waals surface area (Å²) in [7, 11) is -3.29. The number of carboxylic acid groups (broad SMARTS) is 1. The Morgan fingerprint density at radius 3 is 2.65 bits per heavy atom. The molecule has 2 amide bonds. The highest BCUT2D eigenvalue weighted by Crippen LogP contribution is 2.03. The molecule has 0 saturated heterocycles. The summed E-state index contributed by atoms with van der Waals surface area (Å²) in [5.74, 6) is -1.62. The number of hydrogen-bond donors (Lipinski definition) is 3. The maximum Gasteiger partial charge on any atom is 0.326 e. The third-order valence-corrected chi connectivity index (χ3v) is 3.28. The van der Waals surface area contributed by atoms with Crippen LogP contribution in [-0.4, -0.2) is 48.6 Å². The molecule has 1 aromatic heterocycles. The first-order valence-electron chi connectivity index (χ1n) is 5.66. The summed E-state index contributed by atoms with van der Waals surface area (Å²) in [6, 6.07) is 1.17. The summed E-state index contributed by atoms with van der Waals surface area (Å²) in [4.78, 5) is 26.3. The van der Waals surface area contributed by atoms with E-state index in [4.69, 9.17) is 5.11 Å². The molecule has 0 radical (unpaired) electrons. The van der Waals surface area contributed by atoms with Crippen LogP contribution in [0, 0.1) is 0 Å². The summed E-state index contributed by atoms with van der Waals surface area (Å²) in [5.41, 5.74) is 0.400. The zero-order valence-electron chi connectivity index (χ0n) is 10.7. The number of sulfone groups is 1. The Labute approximate surface area is 116 Å². The lowest BCUT2D eigenvalue weighted by Gasteiger charge is -2.14. The number of aliphatic carboxylic acids is 1. The van der Waals surface area contributed by atoms with Crippen LogP contribution in [0.4, 0.5) is 10.5 Å². The minimum Gasteiger partial charge on any atom is -0.480 e. The molecule has 0 aliphatic carbocycles. The molecular formula is C11H15N3O5S. The Balaban J connectivity index is 2.57. The van der Waals surface area contributed by atoms with Crippen LogP contribution in [0.3, 0.4) is 0 Å². The number of carboxylic acids is 1. The SMILES string of the molecule is CS(=O)(=O)CCC(NC(=O)Nc1cccnc1)C(=O)O. The molecule has 20 heavy (non-hydrogen) atoms. The van der Waals surface area contributed by atoms with Gasteiger partial charge < -0.3 is 15.7 Å². The monoisotopic (exact) mass is 301 g/mol. The summed E-state index contributed by atoms with van der Waals surface area (Å²) in [6.45, 7) is 0. The molecule has 8 nitrogen and oxygen atoms in total. The molecule has 0 spiro atoms. The van der Waals surface area contributed by atoms with Crippen LogP contribution in [0.15, 0.2) is 24.5 Å². The van der Waals surface area contributed by atoms with Gasteiger partial charge >= 0.3 is 12.0 Å². The van der Waals surface area contributed by atoms with Crippen molar-refractivity contribution in [3.8, 4) is 0 Å². The van der Waals surface area contributed by atoms with Crippen LogP contribution in [0.1, 0.15) is 6.42 Å². The van der Waals surface area contributed by atoms with Crippen molar-refractivity contribution in [2.24, 2.45) is 0 Å². The van der Waals surface area contributed by atoms with Crippen molar-refractivity contribution in [2.45, 2.75) is 12.5 Å². The van der Waals surface area contributed by atoms with Crippen molar-refractivity contribution < 1.29 is 23.1 Å². The lowest BCUT2D eigenvalue weighted by Crippen LogP contribution is -2.43. The Morgan fingerprint density at radius 2 is 2.15 bits per heavy atom. The fourth-order valence-electron chi connectivity index (χ4n) is 1.35. The molecule has 1 atom stereocenters. The van der Waals surface area contributed by atoms with Gasteiger partial charge in [-0.3, -0.25) is 4.98 Å². The number of aromatic nitrogens is 1. The molecule has 3 N–H and O–H groups in total. The lowest BCUT2D eigenvalue weighted by atomic mass is 10.2. The largest absolute Gasteiger partial charge is 0.480 e. The van der Waals surface area contributed by atoms with Crippen molar-refractivity contribution in [3.63, 3.8) is 0 Å². The van der Waals surface area contributed by atoms with E-state index in [0.717, 1.165) is 6.26 Å². The standard InChI is InChI=1S/C11H15N3O5S/c1-20(18,19)6-4-9(10(15)16)14-11(17)13-8-3-2-5-12-7-8/h2-3,5,7,9H,4,6H2,1H3,(H,15,16)(H2,13,14,17). The number of nitrogens with one attached hydrogen (secondary N) is 2. The number of pyridine rings is 1. The van der Waals surface area contributed by atoms with Crippen LogP contribution in [0.2, 0.25) is 0 Å².